The van der Waals surface area contributed by atoms with E-state index in [1.165, 1.54) is 0 Å². The molecule has 0 heterocycles. The Labute approximate surface area is 131 Å². The van der Waals surface area contributed by atoms with Crippen molar-refractivity contribution in [3.05, 3.63) is 0 Å². The molecule has 72 valence electrons. The topological polar surface area (TPSA) is 209 Å². The predicted octanol–water partition coefficient (Wildman–Crippen LogP) is -5.30. The Hall–Kier alpha value is 1.57. The van der Waals surface area contributed by atoms with E-state index in [9.17, 15) is 18.5 Å². The van der Waals surface area contributed by atoms with Gasteiger partial charge in [-0.25, -0.2) is 0 Å². The zero-order valence-electron chi connectivity index (χ0n) is 6.95. The minimum atomic E-state index is -3.51. The summed E-state index contributed by atoms with van der Waals surface area (Å²) in [7, 11) is -7.03. The van der Waals surface area contributed by atoms with Crippen molar-refractivity contribution in [2.45, 2.75) is 0 Å². The SMILES string of the molecule is O=[Si]([O-])O[Si](=O)[O-].[Mg+2].[Mg+2].[Mg+2].[OH-].[OH-].[OH-].[OH-]. The summed E-state index contributed by atoms with van der Waals surface area (Å²) in [6.07, 6.45) is 0. The van der Waals surface area contributed by atoms with Crippen LogP contribution >= 0.6 is 0 Å². The van der Waals surface area contributed by atoms with Crippen LogP contribution in [-0.2, 0) is 13.0 Å². The molecule has 9 nitrogen and oxygen atoms in total. The van der Waals surface area contributed by atoms with Gasteiger partial charge in [-0.2, -0.15) is 0 Å². The van der Waals surface area contributed by atoms with Crippen LogP contribution in [0.15, 0.2) is 0 Å². The molecule has 0 spiro atoms. The quantitative estimate of drug-likeness (QED) is 0.440. The van der Waals surface area contributed by atoms with Crippen molar-refractivity contribution in [2.75, 3.05) is 0 Å². The molecular weight excluding hydrogens is 273 g/mol. The first kappa shape index (κ1) is 57.7. The van der Waals surface area contributed by atoms with Crippen LogP contribution in [-0.4, -0.2) is 109 Å². The monoisotopic (exact) mass is 276 g/mol. The van der Waals surface area contributed by atoms with Gasteiger partial charge in [0.1, 0.15) is 0 Å². The van der Waals surface area contributed by atoms with Crippen molar-refractivity contribution in [1.29, 1.82) is 0 Å². The minimum Gasteiger partial charge on any atom is -0.870 e. The van der Waals surface area contributed by atoms with E-state index in [2.05, 4.69) is 4.12 Å². The Morgan fingerprint density at radius 3 is 0.857 bits per heavy atom. The van der Waals surface area contributed by atoms with Crippen LogP contribution in [0.25, 0.3) is 0 Å². The molecule has 0 aromatic rings. The van der Waals surface area contributed by atoms with E-state index in [1.54, 1.807) is 0 Å². The van der Waals surface area contributed by atoms with Gasteiger partial charge in [0.25, 0.3) is 0 Å². The van der Waals surface area contributed by atoms with Crippen molar-refractivity contribution in [2.24, 2.45) is 0 Å². The zero-order chi connectivity index (χ0) is 5.86. The molecule has 0 fully saturated rings. The molecule has 0 amide bonds. The Morgan fingerprint density at radius 1 is 0.714 bits per heavy atom. The molecule has 0 saturated heterocycles. The van der Waals surface area contributed by atoms with Crippen molar-refractivity contribution >= 4 is 87.5 Å². The molecule has 14 heavy (non-hydrogen) atoms. The summed E-state index contributed by atoms with van der Waals surface area (Å²) in [5, 5.41) is 0. The molecule has 0 aliphatic heterocycles. The summed E-state index contributed by atoms with van der Waals surface area (Å²) < 4.78 is 21.8. The van der Waals surface area contributed by atoms with Crippen LogP contribution in [0.2, 0.25) is 0 Å². The summed E-state index contributed by atoms with van der Waals surface area (Å²) >= 11 is 0. The van der Waals surface area contributed by atoms with Crippen molar-refractivity contribution in [3.8, 4) is 0 Å². The van der Waals surface area contributed by atoms with Gasteiger partial charge < -0.3 is 44.5 Å². The molecule has 0 aliphatic rings. The molecular formula is H4Mg3O9Si2. The third-order valence-electron chi connectivity index (χ3n) is 0.167. The summed E-state index contributed by atoms with van der Waals surface area (Å²) in [5.74, 6) is 0. The first-order valence-electron chi connectivity index (χ1n) is 1.22. The van der Waals surface area contributed by atoms with Gasteiger partial charge in [-0.05, 0) is 0 Å². The molecule has 0 aromatic carbocycles. The van der Waals surface area contributed by atoms with E-state index < -0.39 is 18.3 Å². The van der Waals surface area contributed by atoms with Gasteiger partial charge in [0, 0.05) is 0 Å². The number of hydrogen-bond acceptors (Lipinski definition) is 9. The fourth-order valence-electron chi connectivity index (χ4n) is 0.0680. The second-order valence-electron chi connectivity index (χ2n) is 0.602. The van der Waals surface area contributed by atoms with Crippen LogP contribution in [0, 0.1) is 0 Å². The molecule has 14 heteroatoms. The Kier molecular flexibility index (Phi) is 150. The maximum atomic E-state index is 9.29. The third kappa shape index (κ3) is 69.1. The van der Waals surface area contributed by atoms with Crippen LogP contribution in [0.5, 0.6) is 0 Å². The standard InChI is InChI=1S/3Mg.O5Si2.4H2O/c;;;1-6(2)5-7(3)4;;;;/h;;;;4*1H2/q3*+2;-2;;;;/p-4. The molecule has 0 radical (unpaired) electrons. The van der Waals surface area contributed by atoms with Gasteiger partial charge in [-0.1, -0.05) is 0 Å². The normalized spacial score (nSPS) is 3.71. The van der Waals surface area contributed by atoms with Crippen LogP contribution in [0.1, 0.15) is 0 Å². The van der Waals surface area contributed by atoms with Gasteiger partial charge in [0.15, 0.2) is 0 Å². The molecule has 0 aliphatic carbocycles. The Balaban J connectivity index is -0.00000000857. The zero-order valence-corrected chi connectivity index (χ0v) is 13.2. The molecule has 0 bridgehead atoms. The summed E-state index contributed by atoms with van der Waals surface area (Å²) in [6, 6.07) is 0. The molecule has 0 rings (SSSR count). The van der Waals surface area contributed by atoms with Crippen molar-refractivity contribution in [1.82, 2.24) is 0 Å². The van der Waals surface area contributed by atoms with Crippen molar-refractivity contribution < 1.29 is 44.5 Å². The first-order valence-corrected chi connectivity index (χ1v) is 3.67. The predicted molar refractivity (Wildman–Crippen MR) is 39.0 cm³/mol. The van der Waals surface area contributed by atoms with Crippen LogP contribution in [0.4, 0.5) is 0 Å². The molecule has 0 saturated carbocycles. The second kappa shape index (κ2) is 36.5. The maximum Gasteiger partial charge on any atom is 2.00 e. The van der Waals surface area contributed by atoms with Gasteiger partial charge >= 0.3 is 87.5 Å². The second-order valence-corrected chi connectivity index (χ2v) is 2.42. The van der Waals surface area contributed by atoms with E-state index in [4.69, 9.17) is 0 Å². The average Bonchev–Trinajstić information content (AvgIpc) is 1.27. The van der Waals surface area contributed by atoms with E-state index in [0.29, 0.717) is 0 Å². The third-order valence-corrected chi connectivity index (χ3v) is 1.50. The van der Waals surface area contributed by atoms with E-state index in [-0.39, 0.29) is 91.1 Å². The van der Waals surface area contributed by atoms with Crippen LogP contribution in [0.3, 0.4) is 0 Å². The Morgan fingerprint density at radius 2 is 0.857 bits per heavy atom. The summed E-state index contributed by atoms with van der Waals surface area (Å²) in [5.41, 5.74) is 0. The van der Waals surface area contributed by atoms with Gasteiger partial charge in [-0.15, -0.1) is 0 Å². The summed E-state index contributed by atoms with van der Waals surface area (Å²) in [6.45, 7) is 0. The fraction of sp³-hybridized carbons (Fsp3) is 0. The van der Waals surface area contributed by atoms with Gasteiger partial charge in [0.05, 0.1) is 0 Å². The largest absolute Gasteiger partial charge is 2.00 e. The van der Waals surface area contributed by atoms with E-state index >= 15 is 0 Å². The average molecular weight is 277 g/mol. The summed E-state index contributed by atoms with van der Waals surface area (Å²) in [4.78, 5) is 18.6. The molecule has 0 atom stereocenters. The first-order chi connectivity index (χ1) is 3.13. The smallest absolute Gasteiger partial charge is 0.870 e. The van der Waals surface area contributed by atoms with Gasteiger partial charge in [-0.3, -0.25) is 0 Å². The maximum absolute atomic E-state index is 9.29. The fourth-order valence-corrected chi connectivity index (χ4v) is 0.612. The van der Waals surface area contributed by atoms with E-state index in [1.807, 2.05) is 0 Å². The Bertz CT molecular complexity index is 94.2. The number of hydrogen-bond donors (Lipinski definition) is 0. The van der Waals surface area contributed by atoms with E-state index in [0.717, 1.165) is 0 Å². The van der Waals surface area contributed by atoms with Crippen LogP contribution < -0.4 is 9.59 Å². The van der Waals surface area contributed by atoms with Crippen molar-refractivity contribution in [3.63, 3.8) is 0 Å². The van der Waals surface area contributed by atoms with Gasteiger partial charge in [0.2, 0.25) is 0 Å². The minimum absolute atomic E-state index is 0. The number of rotatable bonds is 2. The molecule has 4 N–H and O–H groups in total. The molecule has 0 unspecified atom stereocenters. The molecule has 0 aromatic heterocycles.